The number of morpholine rings is 1. The smallest absolute Gasteiger partial charge is 0.0753 e. The fourth-order valence-corrected chi connectivity index (χ4v) is 4.29. The van der Waals surface area contributed by atoms with Crippen LogP contribution in [-0.2, 0) is 4.74 Å². The Morgan fingerprint density at radius 2 is 2.06 bits per heavy atom. The second-order valence-electron chi connectivity index (χ2n) is 6.92. The van der Waals surface area contributed by atoms with E-state index in [1.165, 1.54) is 25.8 Å². The van der Waals surface area contributed by atoms with Crippen molar-refractivity contribution in [1.29, 1.82) is 0 Å². The Hall–Kier alpha value is -0.120. The summed E-state index contributed by atoms with van der Waals surface area (Å²) in [7, 11) is 0. The van der Waals surface area contributed by atoms with E-state index in [1.807, 2.05) is 0 Å². The molecule has 0 aromatic rings. The molecule has 0 amide bonds. The number of nitrogens with two attached hydrogens (primary N) is 1. The van der Waals surface area contributed by atoms with Gasteiger partial charge in [-0.05, 0) is 50.9 Å². The van der Waals surface area contributed by atoms with Crippen LogP contribution in [0.25, 0.3) is 0 Å². The van der Waals surface area contributed by atoms with Crippen molar-refractivity contribution in [3.8, 4) is 0 Å². The van der Waals surface area contributed by atoms with Crippen molar-refractivity contribution in [1.82, 2.24) is 4.90 Å². The zero-order chi connectivity index (χ0) is 12.0. The van der Waals surface area contributed by atoms with E-state index in [9.17, 15) is 0 Å². The lowest BCUT2D eigenvalue weighted by Crippen LogP contribution is -2.52. The number of ether oxygens (including phenoxy) is 1. The summed E-state index contributed by atoms with van der Waals surface area (Å²) in [6.45, 7) is 8.62. The van der Waals surface area contributed by atoms with Gasteiger partial charge >= 0.3 is 0 Å². The zero-order valence-electron chi connectivity index (χ0n) is 11.2. The number of fused-ring (bicyclic) bond motifs is 2. The first kappa shape index (κ1) is 11.9. The summed E-state index contributed by atoms with van der Waals surface area (Å²) in [6, 6.07) is 0.472. The van der Waals surface area contributed by atoms with Crippen molar-refractivity contribution >= 4 is 0 Å². The number of hydrogen-bond donors (Lipinski definition) is 1. The number of nitrogens with zero attached hydrogens (tertiary/aromatic N) is 1. The molecule has 0 spiro atoms. The van der Waals surface area contributed by atoms with Gasteiger partial charge in [0.25, 0.3) is 0 Å². The average Bonchev–Trinajstić information content (AvgIpc) is 2.81. The van der Waals surface area contributed by atoms with Gasteiger partial charge in [-0.15, -0.1) is 0 Å². The second-order valence-corrected chi connectivity index (χ2v) is 6.92. The minimum Gasteiger partial charge on any atom is -0.373 e. The third kappa shape index (κ3) is 2.25. The largest absolute Gasteiger partial charge is 0.373 e. The normalized spacial score (nSPS) is 45.4. The molecular weight excluding hydrogens is 212 g/mol. The molecule has 2 bridgehead atoms. The molecule has 4 atom stereocenters. The molecule has 2 aliphatic carbocycles. The van der Waals surface area contributed by atoms with Gasteiger partial charge in [-0.25, -0.2) is 0 Å². The molecule has 1 heterocycles. The molecule has 1 aliphatic heterocycles. The summed E-state index contributed by atoms with van der Waals surface area (Å²) in [5.41, 5.74) is 6.42. The zero-order valence-corrected chi connectivity index (χ0v) is 11.2. The fraction of sp³-hybridized carbons (Fsp3) is 1.00. The average molecular weight is 238 g/mol. The van der Waals surface area contributed by atoms with Crippen molar-refractivity contribution in [2.24, 2.45) is 23.5 Å². The van der Waals surface area contributed by atoms with Gasteiger partial charge in [-0.2, -0.15) is 0 Å². The minimum atomic E-state index is 0.0277. The molecule has 98 valence electrons. The van der Waals surface area contributed by atoms with Crippen LogP contribution in [0.3, 0.4) is 0 Å². The highest BCUT2D eigenvalue weighted by molar-refractivity contribution is 5.00. The third-order valence-electron chi connectivity index (χ3n) is 5.13. The third-order valence-corrected chi connectivity index (χ3v) is 5.13. The van der Waals surface area contributed by atoms with E-state index in [0.29, 0.717) is 6.04 Å². The molecular formula is C14H26N2O. The molecule has 4 unspecified atom stereocenters. The van der Waals surface area contributed by atoms with Crippen molar-refractivity contribution < 1.29 is 4.74 Å². The molecule has 3 nitrogen and oxygen atoms in total. The molecule has 17 heavy (non-hydrogen) atoms. The van der Waals surface area contributed by atoms with E-state index in [1.54, 1.807) is 0 Å². The predicted octanol–water partition coefficient (Wildman–Crippen LogP) is 1.47. The molecule has 3 fully saturated rings. The molecule has 3 aliphatic rings. The second kappa shape index (κ2) is 4.22. The van der Waals surface area contributed by atoms with Crippen molar-refractivity contribution in [2.45, 2.75) is 44.8 Å². The Labute approximate surface area is 105 Å². The van der Waals surface area contributed by atoms with E-state index < -0.39 is 0 Å². The van der Waals surface area contributed by atoms with Gasteiger partial charge in [0.2, 0.25) is 0 Å². The van der Waals surface area contributed by atoms with Crippen molar-refractivity contribution in [3.63, 3.8) is 0 Å². The molecule has 2 saturated carbocycles. The minimum absolute atomic E-state index is 0.0277. The summed E-state index contributed by atoms with van der Waals surface area (Å²) >= 11 is 0. The first-order valence-electron chi connectivity index (χ1n) is 7.17. The van der Waals surface area contributed by atoms with Gasteiger partial charge in [0.1, 0.15) is 0 Å². The fourth-order valence-electron chi connectivity index (χ4n) is 4.29. The van der Waals surface area contributed by atoms with E-state index in [4.69, 9.17) is 10.5 Å². The lowest BCUT2D eigenvalue weighted by molar-refractivity contribution is -0.0908. The molecule has 2 N–H and O–H groups in total. The Balaban J connectivity index is 1.60. The van der Waals surface area contributed by atoms with Crippen LogP contribution in [0.4, 0.5) is 0 Å². The number of hydrogen-bond acceptors (Lipinski definition) is 3. The van der Waals surface area contributed by atoms with E-state index >= 15 is 0 Å². The van der Waals surface area contributed by atoms with Gasteiger partial charge in [-0.3, -0.25) is 4.90 Å². The van der Waals surface area contributed by atoms with Crippen LogP contribution in [-0.4, -0.2) is 42.8 Å². The van der Waals surface area contributed by atoms with Crippen LogP contribution < -0.4 is 5.73 Å². The van der Waals surface area contributed by atoms with Crippen LogP contribution in [0.5, 0.6) is 0 Å². The first-order valence-corrected chi connectivity index (χ1v) is 7.17. The Morgan fingerprint density at radius 1 is 1.29 bits per heavy atom. The van der Waals surface area contributed by atoms with Crippen LogP contribution in [0.1, 0.15) is 33.1 Å². The van der Waals surface area contributed by atoms with Crippen molar-refractivity contribution in [3.05, 3.63) is 0 Å². The van der Waals surface area contributed by atoms with Crippen molar-refractivity contribution in [2.75, 3.05) is 26.2 Å². The van der Waals surface area contributed by atoms with Gasteiger partial charge in [0.15, 0.2) is 0 Å². The highest BCUT2D eigenvalue weighted by atomic mass is 16.5. The summed E-state index contributed by atoms with van der Waals surface area (Å²) in [5.74, 6) is 2.50. The maximum Gasteiger partial charge on any atom is 0.0753 e. The van der Waals surface area contributed by atoms with Crippen LogP contribution in [0, 0.1) is 17.8 Å². The topological polar surface area (TPSA) is 38.5 Å². The molecule has 1 saturated heterocycles. The molecule has 3 heteroatoms. The highest BCUT2D eigenvalue weighted by Gasteiger charge is 2.46. The lowest BCUT2D eigenvalue weighted by Gasteiger charge is -2.41. The van der Waals surface area contributed by atoms with Crippen LogP contribution in [0.15, 0.2) is 0 Å². The predicted molar refractivity (Wildman–Crippen MR) is 68.8 cm³/mol. The van der Waals surface area contributed by atoms with Crippen LogP contribution >= 0.6 is 0 Å². The summed E-state index contributed by atoms with van der Waals surface area (Å²) < 4.78 is 5.78. The van der Waals surface area contributed by atoms with Gasteiger partial charge in [-0.1, -0.05) is 0 Å². The summed E-state index contributed by atoms with van der Waals surface area (Å²) in [5, 5.41) is 0. The Morgan fingerprint density at radius 3 is 2.71 bits per heavy atom. The Bertz CT molecular complexity index is 290. The van der Waals surface area contributed by atoms with E-state index in [-0.39, 0.29) is 5.60 Å². The maximum atomic E-state index is 6.39. The Kier molecular flexibility index (Phi) is 2.96. The summed E-state index contributed by atoms with van der Waals surface area (Å²) in [6.07, 6.45) is 4.22. The number of rotatable bonds is 2. The van der Waals surface area contributed by atoms with E-state index in [2.05, 4.69) is 18.7 Å². The van der Waals surface area contributed by atoms with Gasteiger partial charge in [0, 0.05) is 25.7 Å². The molecule has 3 rings (SSSR count). The quantitative estimate of drug-likeness (QED) is 0.792. The molecule has 0 aromatic heterocycles. The SMILES string of the molecule is CC1(C)CN(CC2C3CCC(C3)C2N)CCO1. The first-order chi connectivity index (χ1) is 8.05. The van der Waals surface area contributed by atoms with E-state index in [0.717, 1.165) is 37.5 Å². The molecule has 0 radical (unpaired) electrons. The molecule has 0 aromatic carbocycles. The highest BCUT2D eigenvalue weighted by Crippen LogP contribution is 2.47. The van der Waals surface area contributed by atoms with Crippen LogP contribution in [0.2, 0.25) is 0 Å². The van der Waals surface area contributed by atoms with Gasteiger partial charge in [0.05, 0.1) is 12.2 Å². The maximum absolute atomic E-state index is 6.39. The monoisotopic (exact) mass is 238 g/mol. The standard InChI is InChI=1S/C14H26N2O/c1-14(2)9-16(5-6-17-14)8-12-10-3-4-11(7-10)13(12)15/h10-13H,3-9,15H2,1-2H3. The van der Waals surface area contributed by atoms with Gasteiger partial charge < -0.3 is 10.5 Å². The lowest BCUT2D eigenvalue weighted by atomic mass is 9.84. The summed E-state index contributed by atoms with van der Waals surface area (Å²) in [4.78, 5) is 2.58.